The molecule has 0 aliphatic rings. The predicted octanol–water partition coefficient (Wildman–Crippen LogP) is 3.54. The predicted molar refractivity (Wildman–Crippen MR) is 81.0 cm³/mol. The Kier molecular flexibility index (Phi) is 4.41. The standard InChI is InChI=1S/C17H19NO2/c1-12-6-5-7-13(2)17(12)18-11-15-9-4-3-8-14(15)10-16(19)20/h3-9,18H,10-11H2,1-2H3,(H,19,20). The fraction of sp³-hybridized carbons (Fsp3) is 0.235. The second-order valence-corrected chi connectivity index (χ2v) is 4.96. The maximum atomic E-state index is 10.9. The highest BCUT2D eigenvalue weighted by Gasteiger charge is 2.07. The number of aryl methyl sites for hydroxylation is 2. The molecular weight excluding hydrogens is 250 g/mol. The molecule has 0 unspecified atom stereocenters. The van der Waals surface area contributed by atoms with Crippen LogP contribution < -0.4 is 5.32 Å². The van der Waals surface area contributed by atoms with E-state index in [1.165, 1.54) is 11.1 Å². The zero-order chi connectivity index (χ0) is 14.5. The lowest BCUT2D eigenvalue weighted by Crippen LogP contribution is -2.08. The number of carboxylic acids is 1. The van der Waals surface area contributed by atoms with Crippen LogP contribution in [0.25, 0.3) is 0 Å². The van der Waals surface area contributed by atoms with E-state index in [0.717, 1.165) is 16.8 Å². The first-order valence-corrected chi connectivity index (χ1v) is 6.66. The number of rotatable bonds is 5. The van der Waals surface area contributed by atoms with Crippen LogP contribution in [0.1, 0.15) is 22.3 Å². The molecule has 0 aliphatic carbocycles. The molecule has 0 bridgehead atoms. The normalized spacial score (nSPS) is 10.3. The van der Waals surface area contributed by atoms with Crippen LogP contribution in [-0.4, -0.2) is 11.1 Å². The van der Waals surface area contributed by atoms with Crippen molar-refractivity contribution in [3.63, 3.8) is 0 Å². The smallest absolute Gasteiger partial charge is 0.307 e. The van der Waals surface area contributed by atoms with Gasteiger partial charge in [-0.2, -0.15) is 0 Å². The lowest BCUT2D eigenvalue weighted by molar-refractivity contribution is -0.136. The number of benzene rings is 2. The molecule has 2 N–H and O–H groups in total. The molecule has 0 atom stereocenters. The summed E-state index contributed by atoms with van der Waals surface area (Å²) in [5.74, 6) is -0.801. The Hall–Kier alpha value is -2.29. The topological polar surface area (TPSA) is 49.3 Å². The molecular formula is C17H19NO2. The highest BCUT2D eigenvalue weighted by Crippen LogP contribution is 2.21. The van der Waals surface area contributed by atoms with Gasteiger partial charge in [-0.25, -0.2) is 0 Å². The molecule has 3 nitrogen and oxygen atoms in total. The minimum atomic E-state index is -0.801. The summed E-state index contributed by atoms with van der Waals surface area (Å²) in [6.07, 6.45) is 0.0601. The zero-order valence-corrected chi connectivity index (χ0v) is 11.8. The van der Waals surface area contributed by atoms with E-state index >= 15 is 0 Å². The van der Waals surface area contributed by atoms with E-state index < -0.39 is 5.97 Å². The highest BCUT2D eigenvalue weighted by molar-refractivity contribution is 5.70. The van der Waals surface area contributed by atoms with Crippen molar-refractivity contribution < 1.29 is 9.90 Å². The fourth-order valence-corrected chi connectivity index (χ4v) is 2.34. The van der Waals surface area contributed by atoms with Gasteiger partial charge in [-0.1, -0.05) is 42.5 Å². The molecule has 0 amide bonds. The van der Waals surface area contributed by atoms with Crippen molar-refractivity contribution in [3.8, 4) is 0 Å². The van der Waals surface area contributed by atoms with Crippen LogP contribution >= 0.6 is 0 Å². The number of anilines is 1. The molecule has 0 aliphatic heterocycles. The number of nitrogens with one attached hydrogen (secondary N) is 1. The molecule has 2 rings (SSSR count). The van der Waals surface area contributed by atoms with Gasteiger partial charge >= 0.3 is 5.97 Å². The zero-order valence-electron chi connectivity index (χ0n) is 11.8. The summed E-state index contributed by atoms with van der Waals surface area (Å²) in [5.41, 5.74) is 5.40. The molecule has 0 spiro atoms. The minimum absolute atomic E-state index is 0.0601. The van der Waals surface area contributed by atoms with Crippen LogP contribution in [0.3, 0.4) is 0 Å². The third-order valence-electron chi connectivity index (χ3n) is 3.40. The third kappa shape index (κ3) is 3.38. The van der Waals surface area contributed by atoms with Gasteiger partial charge in [0.25, 0.3) is 0 Å². The molecule has 0 heterocycles. The van der Waals surface area contributed by atoms with E-state index in [1.54, 1.807) is 0 Å². The Morgan fingerprint density at radius 1 is 1.00 bits per heavy atom. The molecule has 2 aromatic carbocycles. The molecule has 2 aromatic rings. The Labute approximate surface area is 119 Å². The summed E-state index contributed by atoms with van der Waals surface area (Å²) in [6.45, 7) is 4.77. The molecule has 0 saturated carbocycles. The molecule has 0 fully saturated rings. The largest absolute Gasteiger partial charge is 0.481 e. The Bertz CT molecular complexity index is 600. The molecule has 0 radical (unpaired) electrons. The summed E-state index contributed by atoms with van der Waals surface area (Å²) >= 11 is 0. The number of carboxylic acid groups (broad SMARTS) is 1. The Morgan fingerprint density at radius 3 is 2.20 bits per heavy atom. The van der Waals surface area contributed by atoms with Gasteiger partial charge in [-0.15, -0.1) is 0 Å². The first-order chi connectivity index (χ1) is 9.58. The summed E-state index contributed by atoms with van der Waals surface area (Å²) in [7, 11) is 0. The van der Waals surface area contributed by atoms with Crippen molar-refractivity contribution in [2.75, 3.05) is 5.32 Å². The van der Waals surface area contributed by atoms with Crippen molar-refractivity contribution >= 4 is 11.7 Å². The number of aliphatic carboxylic acids is 1. The average molecular weight is 269 g/mol. The van der Waals surface area contributed by atoms with Gasteiger partial charge in [0, 0.05) is 12.2 Å². The number of hydrogen-bond donors (Lipinski definition) is 2. The van der Waals surface area contributed by atoms with Gasteiger partial charge in [0.05, 0.1) is 6.42 Å². The number of para-hydroxylation sites is 1. The Balaban J connectivity index is 2.17. The summed E-state index contributed by atoms with van der Waals surface area (Å²) < 4.78 is 0. The maximum absolute atomic E-state index is 10.9. The summed E-state index contributed by atoms with van der Waals surface area (Å²) in [4.78, 5) is 10.9. The first-order valence-electron chi connectivity index (χ1n) is 6.66. The van der Waals surface area contributed by atoms with Crippen LogP contribution in [0, 0.1) is 13.8 Å². The first kappa shape index (κ1) is 14.1. The average Bonchev–Trinajstić information content (AvgIpc) is 2.39. The fourth-order valence-electron chi connectivity index (χ4n) is 2.34. The number of carbonyl (C=O) groups is 1. The van der Waals surface area contributed by atoms with Crippen molar-refractivity contribution in [2.45, 2.75) is 26.8 Å². The van der Waals surface area contributed by atoms with Crippen molar-refractivity contribution in [3.05, 3.63) is 64.7 Å². The van der Waals surface area contributed by atoms with Crippen LogP contribution in [0.4, 0.5) is 5.69 Å². The van der Waals surface area contributed by atoms with Crippen LogP contribution in [0.2, 0.25) is 0 Å². The summed E-state index contributed by atoms with van der Waals surface area (Å²) in [6, 6.07) is 13.8. The van der Waals surface area contributed by atoms with E-state index in [9.17, 15) is 4.79 Å². The Morgan fingerprint density at radius 2 is 1.60 bits per heavy atom. The lowest BCUT2D eigenvalue weighted by atomic mass is 10.0. The second-order valence-electron chi connectivity index (χ2n) is 4.96. The van der Waals surface area contributed by atoms with Crippen molar-refractivity contribution in [1.29, 1.82) is 0 Å². The number of hydrogen-bond acceptors (Lipinski definition) is 2. The molecule has 3 heteroatoms. The van der Waals surface area contributed by atoms with E-state index in [4.69, 9.17) is 5.11 Å². The van der Waals surface area contributed by atoms with E-state index in [-0.39, 0.29) is 6.42 Å². The summed E-state index contributed by atoms with van der Waals surface area (Å²) in [5, 5.41) is 12.4. The lowest BCUT2D eigenvalue weighted by Gasteiger charge is -2.14. The minimum Gasteiger partial charge on any atom is -0.481 e. The quantitative estimate of drug-likeness (QED) is 0.872. The highest BCUT2D eigenvalue weighted by atomic mass is 16.4. The van der Waals surface area contributed by atoms with Crippen LogP contribution in [0.5, 0.6) is 0 Å². The third-order valence-corrected chi connectivity index (χ3v) is 3.40. The van der Waals surface area contributed by atoms with Crippen molar-refractivity contribution in [1.82, 2.24) is 0 Å². The van der Waals surface area contributed by atoms with E-state index in [2.05, 4.69) is 31.3 Å². The van der Waals surface area contributed by atoms with Gasteiger partial charge in [0.15, 0.2) is 0 Å². The van der Waals surface area contributed by atoms with E-state index in [1.807, 2.05) is 30.3 Å². The maximum Gasteiger partial charge on any atom is 0.307 e. The van der Waals surface area contributed by atoms with Gasteiger partial charge < -0.3 is 10.4 Å². The van der Waals surface area contributed by atoms with Gasteiger partial charge in [-0.05, 0) is 36.1 Å². The molecule has 0 aromatic heterocycles. The SMILES string of the molecule is Cc1cccc(C)c1NCc1ccccc1CC(=O)O. The molecule has 0 saturated heterocycles. The van der Waals surface area contributed by atoms with Gasteiger partial charge in [0.2, 0.25) is 0 Å². The van der Waals surface area contributed by atoms with Crippen LogP contribution in [0.15, 0.2) is 42.5 Å². The monoisotopic (exact) mass is 269 g/mol. The van der Waals surface area contributed by atoms with Crippen LogP contribution in [-0.2, 0) is 17.8 Å². The molecule has 20 heavy (non-hydrogen) atoms. The van der Waals surface area contributed by atoms with Gasteiger partial charge in [0.1, 0.15) is 0 Å². The van der Waals surface area contributed by atoms with E-state index in [0.29, 0.717) is 6.54 Å². The second kappa shape index (κ2) is 6.24. The van der Waals surface area contributed by atoms with Crippen molar-refractivity contribution in [2.24, 2.45) is 0 Å². The molecule has 104 valence electrons. The van der Waals surface area contributed by atoms with Gasteiger partial charge in [-0.3, -0.25) is 4.79 Å².